The smallest absolute Gasteiger partial charge is 0.349 e. The van der Waals surface area contributed by atoms with Crippen LogP contribution in [-0.4, -0.2) is 29.6 Å². The van der Waals surface area contributed by atoms with Crippen LogP contribution in [0.1, 0.15) is 17.7 Å². The van der Waals surface area contributed by atoms with Gasteiger partial charge in [-0.15, -0.1) is 0 Å². The standard InChI is InChI=1S/C18H19FN2O3/c1-12-7-8-15(17(19)21-12)24-16(14-9-10-20-14)18(22)23-11-13-5-3-2-4-6-13/h2-8,14,16,20H,9-11H2,1H3/t14-,16?/m1/s1. The fourth-order valence-corrected chi connectivity index (χ4v) is 2.41. The summed E-state index contributed by atoms with van der Waals surface area (Å²) in [6.45, 7) is 2.64. The van der Waals surface area contributed by atoms with Gasteiger partial charge in [0, 0.05) is 5.69 Å². The number of aryl methyl sites for hydroxylation is 1. The number of nitrogens with zero attached hydrogens (tertiary/aromatic N) is 1. The maximum atomic E-state index is 13.9. The first-order valence-electron chi connectivity index (χ1n) is 7.87. The molecule has 0 saturated carbocycles. The molecule has 6 heteroatoms. The molecule has 3 rings (SSSR count). The summed E-state index contributed by atoms with van der Waals surface area (Å²) in [7, 11) is 0. The molecule has 2 aromatic rings. The molecule has 1 N–H and O–H groups in total. The molecule has 2 heterocycles. The van der Waals surface area contributed by atoms with Crippen LogP contribution in [0.2, 0.25) is 0 Å². The van der Waals surface area contributed by atoms with E-state index in [0.717, 1.165) is 18.5 Å². The fraction of sp³-hybridized carbons (Fsp3) is 0.333. The van der Waals surface area contributed by atoms with Crippen LogP contribution >= 0.6 is 0 Å². The van der Waals surface area contributed by atoms with E-state index < -0.39 is 18.0 Å². The molecule has 0 bridgehead atoms. The highest BCUT2D eigenvalue weighted by molar-refractivity contribution is 5.76. The minimum absolute atomic E-state index is 0.0454. The van der Waals surface area contributed by atoms with Crippen molar-refractivity contribution in [2.24, 2.45) is 0 Å². The van der Waals surface area contributed by atoms with Gasteiger partial charge in [0.2, 0.25) is 6.10 Å². The highest BCUT2D eigenvalue weighted by Crippen LogP contribution is 2.21. The van der Waals surface area contributed by atoms with Gasteiger partial charge in [0.05, 0.1) is 6.04 Å². The third kappa shape index (κ3) is 3.89. The molecule has 1 aliphatic rings. The number of rotatable bonds is 6. The predicted octanol–water partition coefficient (Wildman–Crippen LogP) is 2.38. The second-order valence-electron chi connectivity index (χ2n) is 5.72. The number of hydrogen-bond acceptors (Lipinski definition) is 5. The summed E-state index contributed by atoms with van der Waals surface area (Å²) in [5.74, 6) is -1.29. The summed E-state index contributed by atoms with van der Waals surface area (Å²) in [6.07, 6.45) is -0.132. The number of halogens is 1. The molecule has 1 aromatic carbocycles. The van der Waals surface area contributed by atoms with Crippen molar-refractivity contribution in [3.8, 4) is 5.75 Å². The third-order valence-electron chi connectivity index (χ3n) is 3.89. The Balaban J connectivity index is 1.68. The van der Waals surface area contributed by atoms with Gasteiger partial charge >= 0.3 is 5.97 Å². The van der Waals surface area contributed by atoms with Gasteiger partial charge in [0.25, 0.3) is 5.95 Å². The van der Waals surface area contributed by atoms with Crippen molar-refractivity contribution in [3.63, 3.8) is 0 Å². The number of hydrogen-bond donors (Lipinski definition) is 1. The Morgan fingerprint density at radius 2 is 2.08 bits per heavy atom. The first-order chi connectivity index (χ1) is 11.6. The quantitative estimate of drug-likeness (QED) is 0.651. The maximum absolute atomic E-state index is 13.9. The molecule has 1 fully saturated rings. The van der Waals surface area contributed by atoms with E-state index in [4.69, 9.17) is 9.47 Å². The highest BCUT2D eigenvalue weighted by atomic mass is 19.1. The monoisotopic (exact) mass is 330 g/mol. The molecule has 1 aromatic heterocycles. The lowest BCUT2D eigenvalue weighted by atomic mass is 10.0. The number of benzene rings is 1. The molecule has 5 nitrogen and oxygen atoms in total. The van der Waals surface area contributed by atoms with Gasteiger partial charge in [-0.2, -0.15) is 4.39 Å². The third-order valence-corrected chi connectivity index (χ3v) is 3.89. The number of nitrogens with one attached hydrogen (secondary N) is 1. The van der Waals surface area contributed by atoms with Gasteiger partial charge in [-0.1, -0.05) is 30.3 Å². The van der Waals surface area contributed by atoms with Crippen molar-refractivity contribution in [1.29, 1.82) is 0 Å². The van der Waals surface area contributed by atoms with E-state index in [1.54, 1.807) is 13.0 Å². The topological polar surface area (TPSA) is 60.5 Å². The van der Waals surface area contributed by atoms with E-state index >= 15 is 0 Å². The Morgan fingerprint density at radius 3 is 2.71 bits per heavy atom. The van der Waals surface area contributed by atoms with E-state index in [0.29, 0.717) is 5.69 Å². The van der Waals surface area contributed by atoms with Crippen molar-refractivity contribution in [2.45, 2.75) is 32.1 Å². The van der Waals surface area contributed by atoms with E-state index in [-0.39, 0.29) is 18.4 Å². The average molecular weight is 330 g/mol. The van der Waals surface area contributed by atoms with Gasteiger partial charge in [0.15, 0.2) is 5.75 Å². The zero-order valence-corrected chi connectivity index (χ0v) is 13.4. The second kappa shape index (κ2) is 7.40. The van der Waals surface area contributed by atoms with Crippen LogP contribution in [0.4, 0.5) is 4.39 Å². The molecule has 1 aliphatic heterocycles. The maximum Gasteiger partial charge on any atom is 0.349 e. The molecule has 24 heavy (non-hydrogen) atoms. The fourth-order valence-electron chi connectivity index (χ4n) is 2.41. The van der Waals surface area contributed by atoms with Gasteiger partial charge in [-0.3, -0.25) is 0 Å². The number of carbonyl (C=O) groups excluding carboxylic acids is 1. The van der Waals surface area contributed by atoms with Gasteiger partial charge in [-0.25, -0.2) is 9.78 Å². The van der Waals surface area contributed by atoms with Crippen LogP contribution in [0, 0.1) is 12.9 Å². The Kier molecular flexibility index (Phi) is 5.05. The number of aromatic nitrogens is 1. The minimum atomic E-state index is -0.901. The second-order valence-corrected chi connectivity index (χ2v) is 5.72. The van der Waals surface area contributed by atoms with Crippen LogP contribution < -0.4 is 10.1 Å². The molecule has 126 valence electrons. The lowest BCUT2D eigenvalue weighted by Crippen LogP contribution is -2.56. The van der Waals surface area contributed by atoms with E-state index in [1.807, 2.05) is 30.3 Å². The highest BCUT2D eigenvalue weighted by Gasteiger charge is 2.36. The number of esters is 1. The van der Waals surface area contributed by atoms with Gasteiger partial charge < -0.3 is 14.8 Å². The summed E-state index contributed by atoms with van der Waals surface area (Å²) in [5, 5.41) is 3.11. The van der Waals surface area contributed by atoms with Crippen molar-refractivity contribution in [3.05, 3.63) is 59.7 Å². The van der Waals surface area contributed by atoms with E-state index in [1.165, 1.54) is 6.07 Å². The van der Waals surface area contributed by atoms with Crippen LogP contribution in [0.5, 0.6) is 5.75 Å². The van der Waals surface area contributed by atoms with Crippen LogP contribution in [0.3, 0.4) is 0 Å². The first-order valence-corrected chi connectivity index (χ1v) is 7.87. The SMILES string of the molecule is Cc1ccc(OC(C(=O)OCc2ccccc2)[C@H]2CCN2)c(F)n1. The summed E-state index contributed by atoms with van der Waals surface area (Å²) in [6, 6.07) is 12.3. The summed E-state index contributed by atoms with van der Waals surface area (Å²) in [5.41, 5.74) is 1.43. The van der Waals surface area contributed by atoms with Crippen LogP contribution in [0.25, 0.3) is 0 Å². The molecule has 1 unspecified atom stereocenters. The lowest BCUT2D eigenvalue weighted by molar-refractivity contribution is -0.156. The summed E-state index contributed by atoms with van der Waals surface area (Å²) in [4.78, 5) is 16.1. The van der Waals surface area contributed by atoms with Gasteiger partial charge in [0.1, 0.15) is 6.61 Å². The summed E-state index contributed by atoms with van der Waals surface area (Å²) >= 11 is 0. The predicted molar refractivity (Wildman–Crippen MR) is 86.0 cm³/mol. The molecular formula is C18H19FN2O3. The number of pyridine rings is 1. The Hall–Kier alpha value is -2.47. The molecule has 0 spiro atoms. The zero-order valence-electron chi connectivity index (χ0n) is 13.4. The van der Waals surface area contributed by atoms with Crippen LogP contribution in [0.15, 0.2) is 42.5 Å². The van der Waals surface area contributed by atoms with Crippen molar-refractivity contribution in [1.82, 2.24) is 10.3 Å². The molecule has 0 aliphatic carbocycles. The summed E-state index contributed by atoms with van der Waals surface area (Å²) < 4.78 is 24.8. The van der Waals surface area contributed by atoms with Crippen molar-refractivity contribution < 1.29 is 18.7 Å². The van der Waals surface area contributed by atoms with Crippen LogP contribution in [-0.2, 0) is 16.1 Å². The zero-order chi connectivity index (χ0) is 16.9. The lowest BCUT2D eigenvalue weighted by Gasteiger charge is -2.33. The van der Waals surface area contributed by atoms with Crippen molar-refractivity contribution >= 4 is 5.97 Å². The molecule has 0 radical (unpaired) electrons. The Bertz CT molecular complexity index is 705. The molecule has 0 amide bonds. The Morgan fingerprint density at radius 1 is 1.33 bits per heavy atom. The largest absolute Gasteiger partial charge is 0.472 e. The van der Waals surface area contributed by atoms with Crippen molar-refractivity contribution in [2.75, 3.05) is 6.54 Å². The normalized spacial score (nSPS) is 17.7. The molecule has 1 saturated heterocycles. The van der Waals surface area contributed by atoms with Gasteiger partial charge in [-0.05, 0) is 37.6 Å². The number of ether oxygens (including phenoxy) is 2. The minimum Gasteiger partial charge on any atom is -0.472 e. The number of carbonyl (C=O) groups is 1. The molecular weight excluding hydrogens is 311 g/mol. The van der Waals surface area contributed by atoms with E-state index in [2.05, 4.69) is 10.3 Å². The Labute approximate surface area is 139 Å². The first kappa shape index (κ1) is 16.4. The van der Waals surface area contributed by atoms with E-state index in [9.17, 15) is 9.18 Å². The molecule has 2 atom stereocenters. The average Bonchev–Trinajstić information content (AvgIpc) is 2.53.